The van der Waals surface area contributed by atoms with Crippen LogP contribution in [0.2, 0.25) is 0 Å². The molecule has 2 aromatic heterocycles. The van der Waals surface area contributed by atoms with Gasteiger partial charge in [0.15, 0.2) is 0 Å². The molecule has 1 unspecified atom stereocenters. The van der Waals surface area contributed by atoms with Crippen LogP contribution in [0.3, 0.4) is 0 Å². The fourth-order valence-electron chi connectivity index (χ4n) is 2.84. The van der Waals surface area contributed by atoms with Crippen molar-refractivity contribution in [2.75, 3.05) is 0 Å². The molecule has 0 saturated heterocycles. The predicted molar refractivity (Wildman–Crippen MR) is 83.2 cm³/mol. The fourth-order valence-corrected chi connectivity index (χ4v) is 2.84. The smallest absolute Gasteiger partial charge is 0.108 e. The van der Waals surface area contributed by atoms with Crippen LogP contribution in [0.15, 0.2) is 53.3 Å². The van der Waals surface area contributed by atoms with Gasteiger partial charge in [0.05, 0.1) is 6.26 Å². The first-order valence-corrected chi connectivity index (χ1v) is 7.28. The molecule has 3 rings (SSSR count). The van der Waals surface area contributed by atoms with Gasteiger partial charge in [0.2, 0.25) is 0 Å². The van der Waals surface area contributed by atoms with Crippen molar-refractivity contribution in [1.82, 2.24) is 4.57 Å². The van der Waals surface area contributed by atoms with Crippen molar-refractivity contribution in [2.24, 2.45) is 0 Å². The largest absolute Gasteiger partial charge is 0.469 e. The van der Waals surface area contributed by atoms with E-state index in [1.54, 1.807) is 6.26 Å². The quantitative estimate of drug-likeness (QED) is 0.638. The molecule has 3 aromatic rings. The standard InChI is InChI=1S/C18H21NO/c1-13(2)16-12-19(17-8-5-4-7-15(16)17)11-14(3)18-9-6-10-20-18/h4-10,12-14H,11H2,1-3H3. The highest BCUT2D eigenvalue weighted by molar-refractivity contribution is 5.84. The summed E-state index contributed by atoms with van der Waals surface area (Å²) in [6.45, 7) is 7.66. The molecule has 0 bridgehead atoms. The maximum atomic E-state index is 5.52. The SMILES string of the molecule is CC(C)c1cn(CC(C)c2ccco2)c2ccccc12. The summed E-state index contributed by atoms with van der Waals surface area (Å²) in [7, 11) is 0. The van der Waals surface area contributed by atoms with Crippen molar-refractivity contribution in [3.63, 3.8) is 0 Å². The van der Waals surface area contributed by atoms with E-state index in [0.29, 0.717) is 11.8 Å². The second kappa shape index (κ2) is 5.20. The highest BCUT2D eigenvalue weighted by Gasteiger charge is 2.14. The molecular weight excluding hydrogens is 246 g/mol. The lowest BCUT2D eigenvalue weighted by molar-refractivity contribution is 0.448. The number of aromatic nitrogens is 1. The third-order valence-corrected chi connectivity index (χ3v) is 3.94. The van der Waals surface area contributed by atoms with Crippen LogP contribution >= 0.6 is 0 Å². The molecule has 0 fully saturated rings. The lowest BCUT2D eigenvalue weighted by atomic mass is 10.0. The summed E-state index contributed by atoms with van der Waals surface area (Å²) in [4.78, 5) is 0. The minimum absolute atomic E-state index is 0.376. The third-order valence-electron chi connectivity index (χ3n) is 3.94. The van der Waals surface area contributed by atoms with Gasteiger partial charge in [0, 0.05) is 29.6 Å². The van der Waals surface area contributed by atoms with Gasteiger partial charge in [0.1, 0.15) is 5.76 Å². The minimum Gasteiger partial charge on any atom is -0.469 e. The van der Waals surface area contributed by atoms with Crippen molar-refractivity contribution in [2.45, 2.75) is 39.2 Å². The van der Waals surface area contributed by atoms with E-state index in [2.05, 4.69) is 61.9 Å². The zero-order valence-corrected chi connectivity index (χ0v) is 12.3. The van der Waals surface area contributed by atoms with Crippen LogP contribution in [0, 0.1) is 0 Å². The number of hydrogen-bond acceptors (Lipinski definition) is 1. The van der Waals surface area contributed by atoms with Gasteiger partial charge in [-0.25, -0.2) is 0 Å². The van der Waals surface area contributed by atoms with Gasteiger partial charge in [-0.05, 0) is 29.7 Å². The summed E-state index contributed by atoms with van der Waals surface area (Å²) < 4.78 is 7.88. The molecule has 0 aliphatic carbocycles. The Morgan fingerprint density at radius 2 is 1.85 bits per heavy atom. The summed E-state index contributed by atoms with van der Waals surface area (Å²) in [6, 6.07) is 12.7. The molecule has 1 atom stereocenters. The first-order valence-electron chi connectivity index (χ1n) is 7.28. The number of benzene rings is 1. The number of hydrogen-bond donors (Lipinski definition) is 0. The molecule has 0 aliphatic heterocycles. The van der Waals surface area contributed by atoms with Crippen LogP contribution in [0.1, 0.15) is 43.9 Å². The van der Waals surface area contributed by atoms with Crippen LogP contribution in [-0.4, -0.2) is 4.57 Å². The Hall–Kier alpha value is -1.96. The molecule has 2 nitrogen and oxygen atoms in total. The second-order valence-corrected chi connectivity index (χ2v) is 5.83. The second-order valence-electron chi connectivity index (χ2n) is 5.83. The highest BCUT2D eigenvalue weighted by Crippen LogP contribution is 2.29. The maximum Gasteiger partial charge on any atom is 0.108 e. The minimum atomic E-state index is 0.376. The molecule has 104 valence electrons. The zero-order chi connectivity index (χ0) is 14.1. The monoisotopic (exact) mass is 267 g/mol. The van der Waals surface area contributed by atoms with Gasteiger partial charge in [-0.1, -0.05) is 39.0 Å². The first-order chi connectivity index (χ1) is 9.66. The zero-order valence-electron chi connectivity index (χ0n) is 12.3. The third kappa shape index (κ3) is 2.26. The molecule has 0 amide bonds. The molecule has 0 saturated carbocycles. The van der Waals surface area contributed by atoms with Gasteiger partial charge in [-0.2, -0.15) is 0 Å². The van der Waals surface area contributed by atoms with Gasteiger partial charge in [-0.3, -0.25) is 0 Å². The Labute approximate surface area is 120 Å². The number of para-hydroxylation sites is 1. The number of nitrogens with zero attached hydrogens (tertiary/aromatic N) is 1. The molecule has 0 radical (unpaired) electrons. The lowest BCUT2D eigenvalue weighted by Gasteiger charge is -2.11. The number of fused-ring (bicyclic) bond motifs is 1. The Kier molecular flexibility index (Phi) is 3.39. The summed E-state index contributed by atoms with van der Waals surface area (Å²) >= 11 is 0. The summed E-state index contributed by atoms with van der Waals surface area (Å²) in [5.41, 5.74) is 2.74. The summed E-state index contributed by atoms with van der Waals surface area (Å²) in [5.74, 6) is 1.97. The Balaban J connectivity index is 1.99. The van der Waals surface area contributed by atoms with E-state index in [1.807, 2.05) is 6.07 Å². The molecular formula is C18H21NO. The summed E-state index contributed by atoms with van der Waals surface area (Å²) in [6.07, 6.45) is 4.05. The van der Waals surface area contributed by atoms with Gasteiger partial charge >= 0.3 is 0 Å². The normalized spacial score (nSPS) is 13.2. The number of furan rings is 1. The van der Waals surface area contributed by atoms with E-state index < -0.39 is 0 Å². The lowest BCUT2D eigenvalue weighted by Crippen LogP contribution is -2.04. The Morgan fingerprint density at radius 3 is 2.55 bits per heavy atom. The highest BCUT2D eigenvalue weighted by atomic mass is 16.3. The van der Waals surface area contributed by atoms with Crippen LogP contribution in [-0.2, 0) is 6.54 Å². The molecule has 0 aliphatic rings. The van der Waals surface area contributed by atoms with Crippen LogP contribution < -0.4 is 0 Å². The topological polar surface area (TPSA) is 18.1 Å². The van der Waals surface area contributed by atoms with Crippen LogP contribution in [0.25, 0.3) is 10.9 Å². The molecule has 1 aromatic carbocycles. The van der Waals surface area contributed by atoms with Crippen molar-refractivity contribution in [3.05, 3.63) is 60.2 Å². The first kappa shape index (κ1) is 13.0. The van der Waals surface area contributed by atoms with E-state index in [9.17, 15) is 0 Å². The average molecular weight is 267 g/mol. The maximum absolute atomic E-state index is 5.52. The van der Waals surface area contributed by atoms with E-state index >= 15 is 0 Å². The average Bonchev–Trinajstić information content (AvgIpc) is 3.07. The van der Waals surface area contributed by atoms with E-state index in [1.165, 1.54) is 16.5 Å². The molecule has 0 spiro atoms. The van der Waals surface area contributed by atoms with E-state index in [0.717, 1.165) is 12.3 Å². The van der Waals surface area contributed by atoms with Gasteiger partial charge in [0.25, 0.3) is 0 Å². The van der Waals surface area contributed by atoms with Crippen molar-refractivity contribution in [1.29, 1.82) is 0 Å². The van der Waals surface area contributed by atoms with Gasteiger partial charge < -0.3 is 8.98 Å². The fraction of sp³-hybridized carbons (Fsp3) is 0.333. The van der Waals surface area contributed by atoms with E-state index in [4.69, 9.17) is 4.42 Å². The predicted octanol–water partition coefficient (Wildman–Crippen LogP) is 5.16. The van der Waals surface area contributed by atoms with Crippen molar-refractivity contribution >= 4 is 10.9 Å². The molecule has 2 heteroatoms. The van der Waals surface area contributed by atoms with Crippen LogP contribution in [0.5, 0.6) is 0 Å². The molecule has 0 N–H and O–H groups in total. The van der Waals surface area contributed by atoms with Gasteiger partial charge in [-0.15, -0.1) is 0 Å². The van der Waals surface area contributed by atoms with E-state index in [-0.39, 0.29) is 0 Å². The molecule has 2 heterocycles. The molecule has 20 heavy (non-hydrogen) atoms. The van der Waals surface area contributed by atoms with Crippen LogP contribution in [0.4, 0.5) is 0 Å². The summed E-state index contributed by atoms with van der Waals surface area (Å²) in [5, 5.41) is 1.37. The Morgan fingerprint density at radius 1 is 1.05 bits per heavy atom. The van der Waals surface area contributed by atoms with Crippen molar-refractivity contribution in [3.8, 4) is 0 Å². The number of rotatable bonds is 4. The van der Waals surface area contributed by atoms with Crippen molar-refractivity contribution < 1.29 is 4.42 Å². The Bertz CT molecular complexity index is 691.